The molecule has 1 N–H and O–H groups in total. The third-order valence-electron chi connectivity index (χ3n) is 5.50. The van der Waals surface area contributed by atoms with Crippen LogP contribution in [0, 0.1) is 12.8 Å². The van der Waals surface area contributed by atoms with Gasteiger partial charge in [0.2, 0.25) is 0 Å². The fourth-order valence-electron chi connectivity index (χ4n) is 3.92. The number of piperidine rings is 1. The van der Waals surface area contributed by atoms with E-state index in [-0.39, 0.29) is 5.91 Å². The number of aryl methyl sites for hydroxylation is 1. The third kappa shape index (κ3) is 4.19. The molecule has 2 aromatic carbocycles. The normalized spacial score (nSPS) is 16.7. The minimum atomic E-state index is 0.0109. The van der Waals surface area contributed by atoms with E-state index in [2.05, 4.69) is 25.2 Å². The number of carbonyl (C=O) groups is 1. The highest BCUT2D eigenvalue weighted by Gasteiger charge is 2.24. The van der Waals surface area contributed by atoms with Crippen molar-refractivity contribution >= 4 is 28.2 Å². The number of hydrogen-bond acceptors (Lipinski definition) is 4. The number of rotatable bonds is 4. The van der Waals surface area contributed by atoms with Gasteiger partial charge in [-0.05, 0) is 68.1 Å². The van der Waals surface area contributed by atoms with Crippen LogP contribution in [0.15, 0.2) is 48.5 Å². The van der Waals surface area contributed by atoms with Gasteiger partial charge in [0.1, 0.15) is 11.4 Å². The highest BCUT2D eigenvalue weighted by atomic mass is 16.5. The Bertz CT molecular complexity index is 1030. The molecule has 1 aromatic heterocycles. The van der Waals surface area contributed by atoms with Crippen LogP contribution in [0.25, 0.3) is 10.9 Å². The highest BCUT2D eigenvalue weighted by molar-refractivity contribution is 6.00. The van der Waals surface area contributed by atoms with Crippen molar-refractivity contribution < 1.29 is 9.53 Å². The average molecular weight is 389 g/mol. The maximum Gasteiger partial charge on any atom is 0.272 e. The maximum absolute atomic E-state index is 13.2. The largest absolute Gasteiger partial charge is 0.497 e. The van der Waals surface area contributed by atoms with Crippen molar-refractivity contribution in [3.63, 3.8) is 0 Å². The molecule has 2 heterocycles. The first kappa shape index (κ1) is 19.2. The van der Waals surface area contributed by atoms with E-state index in [0.717, 1.165) is 53.1 Å². The number of pyridine rings is 1. The van der Waals surface area contributed by atoms with Crippen LogP contribution in [0.4, 0.5) is 11.4 Å². The molecule has 1 unspecified atom stereocenters. The number of fused-ring (bicyclic) bond motifs is 1. The van der Waals surface area contributed by atoms with Gasteiger partial charge >= 0.3 is 0 Å². The van der Waals surface area contributed by atoms with E-state index in [9.17, 15) is 4.79 Å². The Kier molecular flexibility index (Phi) is 5.38. The molecule has 150 valence electrons. The second-order valence-corrected chi connectivity index (χ2v) is 7.93. The number of nitrogens with zero attached hydrogens (tertiary/aromatic N) is 2. The second kappa shape index (κ2) is 8.11. The van der Waals surface area contributed by atoms with E-state index < -0.39 is 0 Å². The molecule has 5 heteroatoms. The molecular weight excluding hydrogens is 362 g/mol. The molecular formula is C24H27N3O2. The van der Waals surface area contributed by atoms with Crippen LogP contribution in [0.2, 0.25) is 0 Å². The summed E-state index contributed by atoms with van der Waals surface area (Å²) in [6.07, 6.45) is 2.23. The molecule has 0 spiro atoms. The van der Waals surface area contributed by atoms with Crippen molar-refractivity contribution in [1.29, 1.82) is 0 Å². The van der Waals surface area contributed by atoms with Gasteiger partial charge in [-0.3, -0.25) is 4.79 Å². The monoisotopic (exact) mass is 389 g/mol. The van der Waals surface area contributed by atoms with Gasteiger partial charge in [-0.1, -0.05) is 18.6 Å². The number of anilines is 2. The van der Waals surface area contributed by atoms with Crippen molar-refractivity contribution in [2.75, 3.05) is 25.5 Å². The summed E-state index contributed by atoms with van der Waals surface area (Å²) < 4.78 is 5.24. The van der Waals surface area contributed by atoms with E-state index in [1.54, 1.807) is 7.11 Å². The number of hydrogen-bond donors (Lipinski definition) is 1. The molecule has 1 saturated heterocycles. The van der Waals surface area contributed by atoms with Crippen LogP contribution in [-0.4, -0.2) is 36.0 Å². The predicted octanol–water partition coefficient (Wildman–Crippen LogP) is 5.17. The third-order valence-corrected chi connectivity index (χ3v) is 5.50. The van der Waals surface area contributed by atoms with Gasteiger partial charge in [0.25, 0.3) is 5.91 Å². The summed E-state index contributed by atoms with van der Waals surface area (Å²) in [6.45, 7) is 5.86. The number of carbonyl (C=O) groups excluding carboxylic acids is 1. The molecule has 0 saturated carbocycles. The van der Waals surface area contributed by atoms with Gasteiger partial charge in [-0.15, -0.1) is 0 Å². The summed E-state index contributed by atoms with van der Waals surface area (Å²) in [5, 5.41) is 4.47. The Balaban J connectivity index is 1.72. The highest BCUT2D eigenvalue weighted by Crippen LogP contribution is 2.29. The lowest BCUT2D eigenvalue weighted by Crippen LogP contribution is -2.39. The Hall–Kier alpha value is -3.08. The van der Waals surface area contributed by atoms with Gasteiger partial charge < -0.3 is 15.0 Å². The molecule has 1 aliphatic rings. The minimum absolute atomic E-state index is 0.0109. The molecule has 1 fully saturated rings. The minimum Gasteiger partial charge on any atom is -0.497 e. The number of likely N-dealkylation sites (tertiary alicyclic amines) is 1. The molecule has 1 aliphatic heterocycles. The molecule has 0 aliphatic carbocycles. The van der Waals surface area contributed by atoms with E-state index >= 15 is 0 Å². The quantitative estimate of drug-likeness (QED) is 0.669. The smallest absolute Gasteiger partial charge is 0.272 e. The number of ether oxygens (including phenoxy) is 1. The summed E-state index contributed by atoms with van der Waals surface area (Å²) >= 11 is 0. The summed E-state index contributed by atoms with van der Waals surface area (Å²) in [4.78, 5) is 19.8. The van der Waals surface area contributed by atoms with Gasteiger partial charge in [0.05, 0.1) is 18.3 Å². The van der Waals surface area contributed by atoms with Crippen LogP contribution >= 0.6 is 0 Å². The molecule has 1 atom stereocenters. The maximum atomic E-state index is 13.2. The fourth-order valence-corrected chi connectivity index (χ4v) is 3.92. The fraction of sp³-hybridized carbons (Fsp3) is 0.333. The van der Waals surface area contributed by atoms with E-state index in [0.29, 0.717) is 11.6 Å². The summed E-state index contributed by atoms with van der Waals surface area (Å²) in [5.74, 6) is 1.35. The first-order chi connectivity index (χ1) is 14.0. The van der Waals surface area contributed by atoms with Crippen molar-refractivity contribution in [3.8, 4) is 5.75 Å². The number of amides is 1. The topological polar surface area (TPSA) is 54.5 Å². The molecule has 0 radical (unpaired) electrons. The summed E-state index contributed by atoms with van der Waals surface area (Å²) in [5.41, 5.74) is 4.29. The summed E-state index contributed by atoms with van der Waals surface area (Å²) in [6, 6.07) is 15.8. The lowest BCUT2D eigenvalue weighted by Gasteiger charge is -2.30. The van der Waals surface area contributed by atoms with Crippen molar-refractivity contribution in [2.24, 2.45) is 5.92 Å². The van der Waals surface area contributed by atoms with Gasteiger partial charge in [-0.25, -0.2) is 4.98 Å². The lowest BCUT2D eigenvalue weighted by atomic mass is 10.00. The first-order valence-corrected chi connectivity index (χ1v) is 10.2. The average Bonchev–Trinajstić information content (AvgIpc) is 2.74. The lowest BCUT2D eigenvalue weighted by molar-refractivity contribution is 0.0677. The Morgan fingerprint density at radius 3 is 2.69 bits per heavy atom. The number of benzene rings is 2. The summed E-state index contributed by atoms with van der Waals surface area (Å²) in [7, 11) is 1.65. The molecule has 3 aromatic rings. The molecule has 29 heavy (non-hydrogen) atoms. The predicted molar refractivity (Wildman–Crippen MR) is 117 cm³/mol. The van der Waals surface area contributed by atoms with Crippen molar-refractivity contribution in [1.82, 2.24) is 9.88 Å². The second-order valence-electron chi connectivity index (χ2n) is 7.93. The van der Waals surface area contributed by atoms with Crippen LogP contribution in [0.3, 0.4) is 0 Å². The zero-order valence-electron chi connectivity index (χ0n) is 17.2. The molecule has 1 amide bonds. The van der Waals surface area contributed by atoms with Gasteiger partial charge in [-0.2, -0.15) is 0 Å². The zero-order valence-corrected chi connectivity index (χ0v) is 17.2. The zero-order chi connectivity index (χ0) is 20.4. The van der Waals surface area contributed by atoms with E-state index in [1.165, 1.54) is 6.42 Å². The molecule has 5 nitrogen and oxygen atoms in total. The van der Waals surface area contributed by atoms with Crippen LogP contribution in [0.5, 0.6) is 5.75 Å². The Labute approximate surface area is 171 Å². The van der Waals surface area contributed by atoms with Crippen molar-refractivity contribution in [3.05, 3.63) is 59.8 Å². The molecule has 0 bridgehead atoms. The first-order valence-electron chi connectivity index (χ1n) is 10.2. The van der Waals surface area contributed by atoms with E-state index in [4.69, 9.17) is 9.72 Å². The van der Waals surface area contributed by atoms with E-state index in [1.807, 2.05) is 47.4 Å². The number of nitrogens with one attached hydrogen (secondary N) is 1. The van der Waals surface area contributed by atoms with Crippen LogP contribution in [-0.2, 0) is 0 Å². The van der Waals surface area contributed by atoms with Gasteiger partial charge in [0, 0.05) is 24.2 Å². The Morgan fingerprint density at radius 2 is 1.97 bits per heavy atom. The molecule has 4 rings (SSSR count). The number of aromatic nitrogens is 1. The van der Waals surface area contributed by atoms with Crippen LogP contribution in [0.1, 0.15) is 35.8 Å². The van der Waals surface area contributed by atoms with Gasteiger partial charge in [0.15, 0.2) is 0 Å². The van der Waals surface area contributed by atoms with Crippen molar-refractivity contribution in [2.45, 2.75) is 26.7 Å². The number of methoxy groups -OCH3 is 1. The Morgan fingerprint density at radius 1 is 1.17 bits per heavy atom. The SMILES string of the molecule is COc1ccc(Nc2cc(C(=O)N3CCCC(C)C3)nc3ccc(C)cc23)cc1. The van der Waals surface area contributed by atoms with Crippen LogP contribution < -0.4 is 10.1 Å². The standard InChI is InChI=1S/C24H27N3O2/c1-16-6-11-21-20(13-16)22(25-18-7-9-19(29-3)10-8-18)14-23(26-21)24(28)27-12-4-5-17(2)15-27/h6-11,13-14,17H,4-5,12,15H2,1-3H3,(H,25,26).